The molecule has 1 N–H and O–H groups in total. The van der Waals surface area contributed by atoms with Gasteiger partial charge in [0.05, 0.1) is 5.69 Å². The molecule has 0 fully saturated rings. The molecule has 2 aromatic carbocycles. The predicted molar refractivity (Wildman–Crippen MR) is 121 cm³/mol. The molecule has 7 heteroatoms. The van der Waals surface area contributed by atoms with E-state index in [1.54, 1.807) is 42.1 Å². The number of nitrogens with zero attached hydrogens (tertiary/aromatic N) is 2. The Kier molecular flexibility index (Phi) is 6.84. The highest BCUT2D eigenvalue weighted by atomic mass is 32.2. The summed E-state index contributed by atoms with van der Waals surface area (Å²) in [5.41, 5.74) is 2.89. The number of hydrogen-bond acceptors (Lipinski definition) is 4. The van der Waals surface area contributed by atoms with Gasteiger partial charge in [-0.25, -0.2) is 9.37 Å². The van der Waals surface area contributed by atoms with E-state index in [1.807, 2.05) is 47.1 Å². The normalized spacial score (nSPS) is 10.9. The first-order valence-corrected chi connectivity index (χ1v) is 11.1. The van der Waals surface area contributed by atoms with Gasteiger partial charge in [0.25, 0.3) is 5.91 Å². The summed E-state index contributed by atoms with van der Waals surface area (Å²) in [6, 6.07) is 19.6. The summed E-state index contributed by atoms with van der Waals surface area (Å²) in [4.78, 5) is 16.9. The van der Waals surface area contributed by atoms with Crippen LogP contribution in [0.15, 0.2) is 79.1 Å². The topological polar surface area (TPSA) is 55.6 Å². The van der Waals surface area contributed by atoms with Crippen LogP contribution in [0.4, 0.5) is 4.39 Å². The summed E-state index contributed by atoms with van der Waals surface area (Å²) in [5, 5.41) is 2.89. The summed E-state index contributed by atoms with van der Waals surface area (Å²) >= 11 is 1.58. The van der Waals surface area contributed by atoms with Crippen LogP contribution in [0.25, 0.3) is 5.65 Å². The van der Waals surface area contributed by atoms with Crippen LogP contribution in [0.1, 0.15) is 21.6 Å². The Labute approximate surface area is 184 Å². The second kappa shape index (κ2) is 10.1. The number of fused-ring (bicyclic) bond motifs is 1. The summed E-state index contributed by atoms with van der Waals surface area (Å²) in [6.07, 6.45) is 3.86. The number of imidazole rings is 1. The van der Waals surface area contributed by atoms with Gasteiger partial charge in [0.15, 0.2) is 0 Å². The van der Waals surface area contributed by atoms with Crippen molar-refractivity contribution in [2.24, 2.45) is 0 Å². The molecule has 0 aliphatic heterocycles. The van der Waals surface area contributed by atoms with Crippen LogP contribution in [-0.4, -0.2) is 27.6 Å². The van der Waals surface area contributed by atoms with Gasteiger partial charge in [0.2, 0.25) is 0 Å². The van der Waals surface area contributed by atoms with Crippen molar-refractivity contribution in [1.82, 2.24) is 14.7 Å². The molecule has 31 heavy (non-hydrogen) atoms. The lowest BCUT2D eigenvalue weighted by Gasteiger charge is -2.08. The first-order valence-electron chi connectivity index (χ1n) is 9.94. The molecule has 158 valence electrons. The van der Waals surface area contributed by atoms with E-state index in [-0.39, 0.29) is 11.7 Å². The van der Waals surface area contributed by atoms with E-state index in [2.05, 4.69) is 10.3 Å². The van der Waals surface area contributed by atoms with Gasteiger partial charge >= 0.3 is 0 Å². The fourth-order valence-corrected chi connectivity index (χ4v) is 3.92. The highest BCUT2D eigenvalue weighted by molar-refractivity contribution is 7.98. The second-order valence-corrected chi connectivity index (χ2v) is 8.02. The Morgan fingerprint density at radius 1 is 1.10 bits per heavy atom. The number of halogens is 1. The fourth-order valence-electron chi connectivity index (χ4n) is 3.08. The van der Waals surface area contributed by atoms with Crippen molar-refractivity contribution < 1.29 is 13.9 Å². The van der Waals surface area contributed by atoms with Crippen LogP contribution in [0.5, 0.6) is 5.75 Å². The predicted octanol–water partition coefficient (Wildman–Crippen LogP) is 4.72. The Morgan fingerprint density at radius 3 is 2.84 bits per heavy atom. The quantitative estimate of drug-likeness (QED) is 0.387. The van der Waals surface area contributed by atoms with Crippen molar-refractivity contribution in [3.63, 3.8) is 0 Å². The van der Waals surface area contributed by atoms with Crippen molar-refractivity contribution in [2.45, 2.75) is 12.4 Å². The first kappa shape index (κ1) is 20.9. The Balaban J connectivity index is 1.24. The molecule has 0 radical (unpaired) electrons. The Hall–Kier alpha value is -3.32. The second-order valence-electron chi connectivity index (χ2n) is 6.91. The van der Waals surface area contributed by atoms with Gasteiger partial charge in [-0.15, -0.1) is 0 Å². The van der Waals surface area contributed by atoms with E-state index in [0.717, 1.165) is 11.3 Å². The van der Waals surface area contributed by atoms with Crippen LogP contribution >= 0.6 is 11.8 Å². The standard InChI is InChI=1S/C24H22FN3O2S/c25-22-9-2-1-6-19(22)17-31-13-11-26-24(29)18-7-5-8-21(14-18)30-16-20-15-28-12-4-3-10-23(28)27-20/h1-10,12,14-15H,11,13,16-17H2,(H,26,29). The van der Waals surface area contributed by atoms with Crippen molar-refractivity contribution in [3.05, 3.63) is 102 Å². The molecule has 0 unspecified atom stereocenters. The van der Waals surface area contributed by atoms with Crippen LogP contribution in [-0.2, 0) is 12.4 Å². The number of hydrogen-bond donors (Lipinski definition) is 1. The molecular weight excluding hydrogens is 413 g/mol. The highest BCUT2D eigenvalue weighted by Gasteiger charge is 2.08. The van der Waals surface area contributed by atoms with Crippen LogP contribution < -0.4 is 10.1 Å². The maximum atomic E-state index is 13.6. The van der Waals surface area contributed by atoms with Crippen molar-refractivity contribution in [2.75, 3.05) is 12.3 Å². The zero-order chi connectivity index (χ0) is 21.5. The molecule has 4 rings (SSSR count). The van der Waals surface area contributed by atoms with E-state index in [9.17, 15) is 9.18 Å². The third kappa shape index (κ3) is 5.64. The molecule has 0 aliphatic rings. The molecule has 0 bridgehead atoms. The molecule has 2 aromatic heterocycles. The highest BCUT2D eigenvalue weighted by Crippen LogP contribution is 2.17. The molecule has 0 atom stereocenters. The van der Waals surface area contributed by atoms with E-state index in [1.165, 1.54) is 6.07 Å². The summed E-state index contributed by atoms with van der Waals surface area (Å²) < 4.78 is 21.4. The number of ether oxygens (including phenoxy) is 1. The number of amides is 1. The molecule has 0 saturated heterocycles. The minimum atomic E-state index is -0.195. The number of pyridine rings is 1. The average Bonchev–Trinajstić information content (AvgIpc) is 3.22. The Morgan fingerprint density at radius 2 is 1.97 bits per heavy atom. The lowest BCUT2D eigenvalue weighted by atomic mass is 10.2. The number of benzene rings is 2. The average molecular weight is 436 g/mol. The molecule has 4 aromatic rings. The van der Waals surface area contributed by atoms with Crippen molar-refractivity contribution >= 4 is 23.3 Å². The van der Waals surface area contributed by atoms with Crippen molar-refractivity contribution in [3.8, 4) is 5.75 Å². The Bertz CT molecular complexity index is 1150. The largest absolute Gasteiger partial charge is 0.487 e. The minimum absolute atomic E-state index is 0.162. The smallest absolute Gasteiger partial charge is 0.251 e. The number of carbonyl (C=O) groups excluding carboxylic acids is 1. The molecule has 1 amide bonds. The van der Waals surface area contributed by atoms with Gasteiger partial charge in [0, 0.05) is 36.0 Å². The summed E-state index contributed by atoms with van der Waals surface area (Å²) in [7, 11) is 0. The third-order valence-corrected chi connectivity index (χ3v) is 5.65. The zero-order valence-electron chi connectivity index (χ0n) is 16.8. The molecule has 5 nitrogen and oxygen atoms in total. The number of nitrogens with one attached hydrogen (secondary N) is 1. The van der Waals surface area contributed by atoms with Gasteiger partial charge in [-0.1, -0.05) is 30.3 Å². The number of carbonyl (C=O) groups is 1. The number of thioether (sulfide) groups is 1. The zero-order valence-corrected chi connectivity index (χ0v) is 17.6. The van der Waals surface area contributed by atoms with Crippen LogP contribution in [0.3, 0.4) is 0 Å². The van der Waals surface area contributed by atoms with Gasteiger partial charge in [0.1, 0.15) is 23.8 Å². The first-order chi connectivity index (χ1) is 15.2. The van der Waals surface area contributed by atoms with E-state index in [4.69, 9.17) is 4.74 Å². The molecule has 2 heterocycles. The van der Waals surface area contributed by atoms with Gasteiger partial charge in [-0.2, -0.15) is 11.8 Å². The molecular formula is C24H22FN3O2S. The minimum Gasteiger partial charge on any atom is -0.487 e. The third-order valence-electron chi connectivity index (χ3n) is 4.64. The monoisotopic (exact) mass is 435 g/mol. The van der Waals surface area contributed by atoms with E-state index >= 15 is 0 Å². The van der Waals surface area contributed by atoms with Crippen LogP contribution in [0, 0.1) is 5.82 Å². The summed E-state index contributed by atoms with van der Waals surface area (Å²) in [5.74, 6) is 1.53. The van der Waals surface area contributed by atoms with E-state index in [0.29, 0.717) is 41.5 Å². The van der Waals surface area contributed by atoms with Crippen LogP contribution in [0.2, 0.25) is 0 Å². The number of aromatic nitrogens is 2. The maximum absolute atomic E-state index is 13.6. The fraction of sp³-hybridized carbons (Fsp3) is 0.167. The van der Waals surface area contributed by atoms with Gasteiger partial charge in [-0.05, 0) is 42.0 Å². The van der Waals surface area contributed by atoms with Crippen molar-refractivity contribution in [1.29, 1.82) is 0 Å². The molecule has 0 aliphatic carbocycles. The lowest BCUT2D eigenvalue weighted by molar-refractivity contribution is 0.0955. The van der Waals surface area contributed by atoms with Gasteiger partial charge in [-0.3, -0.25) is 4.79 Å². The maximum Gasteiger partial charge on any atom is 0.251 e. The van der Waals surface area contributed by atoms with Gasteiger partial charge < -0.3 is 14.5 Å². The number of rotatable bonds is 9. The molecule has 0 spiro atoms. The van der Waals surface area contributed by atoms with E-state index < -0.39 is 0 Å². The molecule has 0 saturated carbocycles. The lowest BCUT2D eigenvalue weighted by Crippen LogP contribution is -2.25. The summed E-state index contributed by atoms with van der Waals surface area (Å²) in [6.45, 7) is 0.823. The SMILES string of the molecule is O=C(NCCSCc1ccccc1F)c1cccc(OCc2cn3ccccc3n2)c1.